The van der Waals surface area contributed by atoms with Gasteiger partial charge in [-0.1, -0.05) is 58.0 Å². The Morgan fingerprint density at radius 2 is 1.49 bits per heavy atom. The molecule has 1 atom stereocenters. The lowest BCUT2D eigenvalue weighted by molar-refractivity contribution is -0.137. The molecule has 0 radical (unpaired) electrons. The second kappa shape index (κ2) is 7.50. The second-order valence-corrected chi connectivity index (χ2v) is 11.4. The summed E-state index contributed by atoms with van der Waals surface area (Å²) < 4.78 is 44.6. The molecule has 0 aliphatic heterocycles. The van der Waals surface area contributed by atoms with Gasteiger partial charge in [-0.2, -0.15) is 13.2 Å². The third-order valence-electron chi connectivity index (χ3n) is 8.46. The van der Waals surface area contributed by atoms with E-state index in [1.807, 2.05) is 0 Å². The Hall–Kier alpha value is -3.53. The van der Waals surface area contributed by atoms with E-state index in [9.17, 15) is 13.2 Å². The molecule has 0 N–H and O–H groups in total. The maximum Gasteiger partial charge on any atom is 0.416 e. The van der Waals surface area contributed by atoms with Crippen LogP contribution in [0.3, 0.4) is 0 Å². The largest absolute Gasteiger partial charge is 0.416 e. The Bertz CT molecular complexity index is 1900. The molecule has 7 rings (SSSR count). The Kier molecular flexibility index (Phi) is 4.59. The first-order chi connectivity index (χ1) is 17.6. The molecule has 1 aliphatic rings. The number of allylic oxidation sites excluding steroid dienone is 1. The summed E-state index contributed by atoms with van der Waals surface area (Å²) in [5.41, 5.74) is 5.82. The highest BCUT2D eigenvalue weighted by atomic mass is 19.4. The summed E-state index contributed by atoms with van der Waals surface area (Å²) in [6, 6.07) is 17.7. The number of halogens is 3. The summed E-state index contributed by atoms with van der Waals surface area (Å²) in [6.45, 7) is 8.74. The van der Waals surface area contributed by atoms with Crippen molar-refractivity contribution in [3.63, 3.8) is 0 Å². The van der Waals surface area contributed by atoms with Crippen molar-refractivity contribution >= 4 is 54.9 Å². The summed E-state index contributed by atoms with van der Waals surface area (Å²) in [5.74, 6) is 1.33. The summed E-state index contributed by atoms with van der Waals surface area (Å²) in [5, 5.41) is 5.28. The quantitative estimate of drug-likeness (QED) is 0.225. The van der Waals surface area contributed by atoms with E-state index >= 15 is 0 Å². The van der Waals surface area contributed by atoms with Gasteiger partial charge >= 0.3 is 6.18 Å². The number of hydrogen-bond donors (Lipinski definition) is 0. The topological polar surface area (TPSA) is 4.41 Å². The Morgan fingerprint density at radius 3 is 2.16 bits per heavy atom. The minimum atomic E-state index is -4.41. The van der Waals surface area contributed by atoms with E-state index in [2.05, 4.69) is 86.7 Å². The van der Waals surface area contributed by atoms with Crippen LogP contribution in [-0.2, 0) is 12.6 Å². The molecule has 0 bridgehead atoms. The van der Waals surface area contributed by atoms with Gasteiger partial charge in [-0.15, -0.1) is 0 Å². The van der Waals surface area contributed by atoms with Crippen molar-refractivity contribution in [3.05, 3.63) is 82.9 Å². The number of alkyl halides is 3. The molecule has 1 nitrogen and oxygen atoms in total. The van der Waals surface area contributed by atoms with Gasteiger partial charge in [0, 0.05) is 21.5 Å². The number of aromatic nitrogens is 1. The SMILES string of the molecule is CC(C)c1ccc2cc3c(cc2c1)c1cc(C(F)(F)F)cc2c4cc5c(cc4n3c21)C=CC(C(C)C)C5. The zero-order valence-corrected chi connectivity index (χ0v) is 21.4. The highest BCUT2D eigenvalue weighted by Crippen LogP contribution is 2.45. The Morgan fingerprint density at radius 1 is 0.784 bits per heavy atom. The first kappa shape index (κ1) is 22.7. The van der Waals surface area contributed by atoms with Crippen LogP contribution in [0, 0.1) is 11.8 Å². The van der Waals surface area contributed by atoms with E-state index in [1.54, 1.807) is 0 Å². The number of benzene rings is 4. The van der Waals surface area contributed by atoms with Crippen LogP contribution in [0.2, 0.25) is 0 Å². The average molecular weight is 496 g/mol. The van der Waals surface area contributed by atoms with Gasteiger partial charge in [-0.05, 0) is 88.0 Å². The highest BCUT2D eigenvalue weighted by Gasteiger charge is 2.33. The van der Waals surface area contributed by atoms with E-state index in [4.69, 9.17) is 0 Å². The van der Waals surface area contributed by atoms with Crippen molar-refractivity contribution in [2.24, 2.45) is 11.8 Å². The van der Waals surface area contributed by atoms with E-state index in [0.29, 0.717) is 28.5 Å². The molecule has 1 unspecified atom stereocenters. The average Bonchev–Trinajstić information content (AvgIpc) is 3.35. The van der Waals surface area contributed by atoms with Crippen LogP contribution >= 0.6 is 0 Å². The zero-order valence-electron chi connectivity index (χ0n) is 21.4. The first-order valence-electron chi connectivity index (χ1n) is 13.1. The third kappa shape index (κ3) is 3.24. The molecule has 0 saturated carbocycles. The van der Waals surface area contributed by atoms with Crippen LogP contribution in [-0.4, -0.2) is 4.40 Å². The summed E-state index contributed by atoms with van der Waals surface area (Å²) >= 11 is 0. The van der Waals surface area contributed by atoms with Crippen molar-refractivity contribution in [1.82, 2.24) is 4.40 Å². The number of rotatable bonds is 2. The van der Waals surface area contributed by atoms with Gasteiger partial charge in [-0.3, -0.25) is 0 Å². The second-order valence-electron chi connectivity index (χ2n) is 11.4. The molecular weight excluding hydrogens is 467 g/mol. The van der Waals surface area contributed by atoms with Gasteiger partial charge in [0.15, 0.2) is 0 Å². The monoisotopic (exact) mass is 495 g/mol. The third-order valence-corrected chi connectivity index (χ3v) is 8.46. The zero-order chi connectivity index (χ0) is 25.8. The van der Waals surface area contributed by atoms with Crippen LogP contribution < -0.4 is 0 Å². The van der Waals surface area contributed by atoms with Crippen molar-refractivity contribution in [3.8, 4) is 0 Å². The van der Waals surface area contributed by atoms with Gasteiger partial charge < -0.3 is 4.40 Å². The summed E-state index contributed by atoms with van der Waals surface area (Å²) in [4.78, 5) is 0. The smallest absolute Gasteiger partial charge is 0.308 e. The molecule has 1 aliphatic carbocycles. The molecule has 0 fully saturated rings. The molecule has 186 valence electrons. The van der Waals surface area contributed by atoms with Gasteiger partial charge in [0.1, 0.15) is 0 Å². The lowest BCUT2D eigenvalue weighted by atomic mass is 9.82. The Labute approximate surface area is 213 Å². The first-order valence-corrected chi connectivity index (χ1v) is 13.1. The molecule has 37 heavy (non-hydrogen) atoms. The fourth-order valence-corrected chi connectivity index (χ4v) is 6.27. The lowest BCUT2D eigenvalue weighted by Gasteiger charge is -2.22. The number of nitrogens with zero attached hydrogens (tertiary/aromatic N) is 1. The molecule has 0 spiro atoms. The van der Waals surface area contributed by atoms with E-state index in [1.165, 1.54) is 23.3 Å². The molecule has 0 saturated heterocycles. The maximum atomic E-state index is 14.1. The van der Waals surface area contributed by atoms with Crippen LogP contribution in [0.5, 0.6) is 0 Å². The van der Waals surface area contributed by atoms with Crippen molar-refractivity contribution in [2.45, 2.75) is 46.2 Å². The maximum absolute atomic E-state index is 14.1. The summed E-state index contributed by atoms with van der Waals surface area (Å²) in [7, 11) is 0. The van der Waals surface area contributed by atoms with Crippen molar-refractivity contribution < 1.29 is 13.2 Å². The molecule has 6 aromatic rings. The van der Waals surface area contributed by atoms with Crippen molar-refractivity contribution in [2.75, 3.05) is 0 Å². The fourth-order valence-electron chi connectivity index (χ4n) is 6.27. The lowest BCUT2D eigenvalue weighted by Crippen LogP contribution is -2.12. The normalized spacial score (nSPS) is 16.5. The molecular formula is C33H28F3N. The van der Waals surface area contributed by atoms with Gasteiger partial charge in [0.25, 0.3) is 0 Å². The Balaban J connectivity index is 1.63. The number of fused-ring (bicyclic) bond motifs is 8. The van der Waals surface area contributed by atoms with Crippen LogP contribution in [0.25, 0.3) is 54.9 Å². The number of hydrogen-bond acceptors (Lipinski definition) is 0. The molecule has 4 heteroatoms. The van der Waals surface area contributed by atoms with Gasteiger partial charge in [0.05, 0.1) is 22.1 Å². The van der Waals surface area contributed by atoms with E-state index in [-0.39, 0.29) is 0 Å². The molecule has 2 aromatic heterocycles. The predicted octanol–water partition coefficient (Wildman–Crippen LogP) is 9.97. The highest BCUT2D eigenvalue weighted by molar-refractivity contribution is 6.25. The van der Waals surface area contributed by atoms with E-state index in [0.717, 1.165) is 50.1 Å². The molecule has 2 heterocycles. The van der Waals surface area contributed by atoms with Crippen LogP contribution in [0.15, 0.2) is 60.7 Å². The molecule has 0 amide bonds. The van der Waals surface area contributed by atoms with Crippen LogP contribution in [0.1, 0.15) is 55.9 Å². The van der Waals surface area contributed by atoms with Gasteiger partial charge in [0.2, 0.25) is 0 Å². The minimum Gasteiger partial charge on any atom is -0.308 e. The fraction of sp³-hybridized carbons (Fsp3) is 0.273. The summed E-state index contributed by atoms with van der Waals surface area (Å²) in [6.07, 6.45) is 0.979. The molecule has 4 aromatic carbocycles. The predicted molar refractivity (Wildman–Crippen MR) is 149 cm³/mol. The van der Waals surface area contributed by atoms with Crippen LogP contribution in [0.4, 0.5) is 13.2 Å². The standard InChI is InChI=1S/C33H28F3N/c1-17(2)19-5-7-21-13-30-26(11-23(21)9-19)28-15-25(33(34,35)36)16-29-27-12-24-10-20(18(3)4)6-8-22(24)14-31(27)37(30)32(28)29/h5-9,11-18,20H,10H2,1-4H3. The minimum absolute atomic E-state index is 0.380. The van der Waals surface area contributed by atoms with Gasteiger partial charge in [-0.25, -0.2) is 0 Å². The van der Waals surface area contributed by atoms with Crippen molar-refractivity contribution in [1.29, 1.82) is 0 Å². The van der Waals surface area contributed by atoms with E-state index < -0.39 is 11.7 Å².